The Labute approximate surface area is 135 Å². The summed E-state index contributed by atoms with van der Waals surface area (Å²) in [6.07, 6.45) is 7.84. The number of rotatable bonds is 2. The first kappa shape index (κ1) is 14.4. The summed E-state index contributed by atoms with van der Waals surface area (Å²) in [5.41, 5.74) is 0.257. The maximum Gasteiger partial charge on any atom is 0.225 e. The van der Waals surface area contributed by atoms with Crippen LogP contribution in [0.25, 0.3) is 0 Å². The third-order valence-corrected chi connectivity index (χ3v) is 4.96. The Bertz CT molecular complexity index is 662. The van der Waals surface area contributed by atoms with E-state index in [-0.39, 0.29) is 11.2 Å². The van der Waals surface area contributed by atoms with E-state index in [2.05, 4.69) is 30.8 Å². The highest BCUT2D eigenvalue weighted by molar-refractivity contribution is 5.41. The zero-order chi connectivity index (χ0) is 15.7. The smallest absolute Gasteiger partial charge is 0.225 e. The molecule has 0 amide bonds. The van der Waals surface area contributed by atoms with Crippen molar-refractivity contribution in [3.05, 3.63) is 42.6 Å². The van der Waals surface area contributed by atoms with Gasteiger partial charge in [-0.05, 0) is 31.4 Å². The van der Waals surface area contributed by atoms with Crippen LogP contribution in [-0.2, 0) is 0 Å². The first-order valence-electron chi connectivity index (χ1n) is 8.13. The van der Waals surface area contributed by atoms with E-state index in [1.807, 2.05) is 18.3 Å². The summed E-state index contributed by atoms with van der Waals surface area (Å²) in [5.74, 6) is 1.31. The van der Waals surface area contributed by atoms with Crippen LogP contribution < -0.4 is 9.80 Å². The van der Waals surface area contributed by atoms with E-state index in [0.717, 1.165) is 44.8 Å². The molecule has 0 aromatic carbocycles. The van der Waals surface area contributed by atoms with Gasteiger partial charge in [-0.3, -0.25) is 0 Å². The summed E-state index contributed by atoms with van der Waals surface area (Å²) in [6.45, 7) is 3.93. The predicted octanol–water partition coefficient (Wildman–Crippen LogP) is 2.51. The fourth-order valence-electron chi connectivity index (χ4n) is 3.85. The molecule has 2 aromatic heterocycles. The van der Waals surface area contributed by atoms with E-state index >= 15 is 0 Å². The Hall–Kier alpha value is -2.24. The van der Waals surface area contributed by atoms with Gasteiger partial charge >= 0.3 is 0 Å². The molecule has 0 N–H and O–H groups in total. The SMILES string of the molecule is Fc1cnc(N2CCC[C@@]3(CCN(c4ccccn4)C3)C2)nc1. The van der Waals surface area contributed by atoms with Crippen LogP contribution in [-0.4, -0.2) is 41.1 Å². The van der Waals surface area contributed by atoms with E-state index in [1.165, 1.54) is 18.8 Å². The van der Waals surface area contributed by atoms with Gasteiger partial charge in [0.1, 0.15) is 5.82 Å². The van der Waals surface area contributed by atoms with Crippen LogP contribution in [0, 0.1) is 11.2 Å². The van der Waals surface area contributed by atoms with Crippen LogP contribution in [0.2, 0.25) is 0 Å². The number of nitrogens with zero attached hydrogens (tertiary/aromatic N) is 5. The summed E-state index contributed by atoms with van der Waals surface area (Å²) >= 11 is 0. The topological polar surface area (TPSA) is 45.2 Å². The maximum absolute atomic E-state index is 13.0. The Morgan fingerprint density at radius 3 is 2.57 bits per heavy atom. The lowest BCUT2D eigenvalue weighted by molar-refractivity contribution is 0.262. The Morgan fingerprint density at radius 1 is 0.957 bits per heavy atom. The monoisotopic (exact) mass is 313 g/mol. The van der Waals surface area contributed by atoms with E-state index < -0.39 is 0 Å². The molecule has 2 saturated heterocycles. The molecule has 120 valence electrons. The number of hydrogen-bond donors (Lipinski definition) is 0. The van der Waals surface area contributed by atoms with Gasteiger partial charge in [-0.2, -0.15) is 0 Å². The Kier molecular flexibility index (Phi) is 3.59. The van der Waals surface area contributed by atoms with Crippen molar-refractivity contribution in [3.8, 4) is 0 Å². The predicted molar refractivity (Wildman–Crippen MR) is 86.9 cm³/mol. The van der Waals surface area contributed by atoms with Crippen molar-refractivity contribution in [2.24, 2.45) is 5.41 Å². The van der Waals surface area contributed by atoms with Gasteiger partial charge in [0.05, 0.1) is 12.4 Å². The average Bonchev–Trinajstić information content (AvgIpc) is 3.00. The van der Waals surface area contributed by atoms with E-state index in [9.17, 15) is 4.39 Å². The lowest BCUT2D eigenvalue weighted by Gasteiger charge is -2.40. The summed E-state index contributed by atoms with van der Waals surface area (Å²) < 4.78 is 13.0. The molecule has 4 rings (SSSR count). The zero-order valence-corrected chi connectivity index (χ0v) is 13.0. The van der Waals surface area contributed by atoms with Gasteiger partial charge in [0.2, 0.25) is 5.95 Å². The molecule has 23 heavy (non-hydrogen) atoms. The molecule has 0 bridgehead atoms. The largest absolute Gasteiger partial charge is 0.356 e. The van der Waals surface area contributed by atoms with Crippen molar-refractivity contribution in [1.29, 1.82) is 0 Å². The molecule has 0 saturated carbocycles. The van der Waals surface area contributed by atoms with Crippen molar-refractivity contribution < 1.29 is 4.39 Å². The lowest BCUT2D eigenvalue weighted by atomic mass is 9.79. The van der Waals surface area contributed by atoms with Gasteiger partial charge in [-0.15, -0.1) is 0 Å². The van der Waals surface area contributed by atoms with Crippen molar-refractivity contribution >= 4 is 11.8 Å². The standard InChI is InChI=1S/C17H20FN5/c18-14-10-20-16(21-11-14)23-8-3-5-17(13-23)6-9-22(12-17)15-4-1-2-7-19-15/h1-2,4,7,10-11H,3,5-6,8-9,12-13H2/t17-/m0/s1. The number of anilines is 2. The van der Waals surface area contributed by atoms with Crippen molar-refractivity contribution in [3.63, 3.8) is 0 Å². The fraction of sp³-hybridized carbons (Fsp3) is 0.471. The number of halogens is 1. The summed E-state index contributed by atoms with van der Waals surface area (Å²) in [6, 6.07) is 6.05. The average molecular weight is 313 g/mol. The normalized spacial score (nSPS) is 24.4. The Balaban J connectivity index is 1.50. The highest BCUT2D eigenvalue weighted by atomic mass is 19.1. The molecule has 0 aliphatic carbocycles. The second kappa shape index (κ2) is 5.76. The highest BCUT2D eigenvalue weighted by Crippen LogP contribution is 2.40. The van der Waals surface area contributed by atoms with Crippen molar-refractivity contribution in [2.75, 3.05) is 36.0 Å². The molecule has 2 aromatic rings. The van der Waals surface area contributed by atoms with E-state index in [1.54, 1.807) is 0 Å². The summed E-state index contributed by atoms with van der Waals surface area (Å²) in [5, 5.41) is 0. The summed E-state index contributed by atoms with van der Waals surface area (Å²) in [4.78, 5) is 17.3. The van der Waals surface area contributed by atoms with Crippen LogP contribution in [0.3, 0.4) is 0 Å². The van der Waals surface area contributed by atoms with E-state index in [4.69, 9.17) is 0 Å². The summed E-state index contributed by atoms with van der Waals surface area (Å²) in [7, 11) is 0. The van der Waals surface area contributed by atoms with Crippen LogP contribution in [0.15, 0.2) is 36.8 Å². The minimum atomic E-state index is -0.386. The molecule has 1 spiro atoms. The van der Waals surface area contributed by atoms with Crippen LogP contribution in [0.1, 0.15) is 19.3 Å². The van der Waals surface area contributed by atoms with Gasteiger partial charge in [-0.1, -0.05) is 6.07 Å². The quantitative estimate of drug-likeness (QED) is 0.852. The second-order valence-electron chi connectivity index (χ2n) is 6.59. The molecular weight excluding hydrogens is 293 g/mol. The molecule has 2 aliphatic heterocycles. The highest BCUT2D eigenvalue weighted by Gasteiger charge is 2.42. The third-order valence-electron chi connectivity index (χ3n) is 4.96. The lowest BCUT2D eigenvalue weighted by Crippen LogP contribution is -2.45. The number of aromatic nitrogens is 3. The maximum atomic E-state index is 13.0. The van der Waals surface area contributed by atoms with Gasteiger partial charge in [0, 0.05) is 37.8 Å². The minimum absolute atomic E-state index is 0.257. The van der Waals surface area contributed by atoms with E-state index in [0.29, 0.717) is 5.95 Å². The van der Waals surface area contributed by atoms with Crippen LogP contribution in [0.5, 0.6) is 0 Å². The first-order chi connectivity index (χ1) is 11.2. The molecule has 6 heteroatoms. The third kappa shape index (κ3) is 2.85. The van der Waals surface area contributed by atoms with Gasteiger partial charge in [0.15, 0.2) is 5.82 Å². The number of piperidine rings is 1. The number of hydrogen-bond acceptors (Lipinski definition) is 5. The van der Waals surface area contributed by atoms with Crippen molar-refractivity contribution in [1.82, 2.24) is 15.0 Å². The van der Waals surface area contributed by atoms with Gasteiger partial charge in [0.25, 0.3) is 0 Å². The molecule has 0 radical (unpaired) electrons. The first-order valence-corrected chi connectivity index (χ1v) is 8.13. The molecule has 5 nitrogen and oxygen atoms in total. The molecule has 0 unspecified atom stereocenters. The fourth-order valence-corrected chi connectivity index (χ4v) is 3.85. The van der Waals surface area contributed by atoms with Gasteiger partial charge < -0.3 is 9.80 Å². The number of pyridine rings is 1. The molecule has 2 fully saturated rings. The van der Waals surface area contributed by atoms with Crippen LogP contribution >= 0.6 is 0 Å². The molecule has 4 heterocycles. The molecule has 1 atom stereocenters. The Morgan fingerprint density at radius 2 is 1.78 bits per heavy atom. The minimum Gasteiger partial charge on any atom is -0.356 e. The second-order valence-corrected chi connectivity index (χ2v) is 6.59. The van der Waals surface area contributed by atoms with Crippen LogP contribution in [0.4, 0.5) is 16.2 Å². The molecular formula is C17H20FN5. The van der Waals surface area contributed by atoms with Crippen molar-refractivity contribution in [2.45, 2.75) is 19.3 Å². The molecule has 2 aliphatic rings. The zero-order valence-electron chi connectivity index (χ0n) is 13.0. The van der Waals surface area contributed by atoms with Gasteiger partial charge in [-0.25, -0.2) is 19.3 Å².